The van der Waals surface area contributed by atoms with Crippen LogP contribution in [0.4, 0.5) is 17.1 Å². The summed E-state index contributed by atoms with van der Waals surface area (Å²) in [4.78, 5) is 2.16. The van der Waals surface area contributed by atoms with Crippen LogP contribution < -0.4 is 4.90 Å². The molecule has 0 unspecified atom stereocenters. The highest BCUT2D eigenvalue weighted by atomic mass is 16.3. The van der Waals surface area contributed by atoms with Crippen LogP contribution in [-0.2, 0) is 13.2 Å². The lowest BCUT2D eigenvalue weighted by Crippen LogP contribution is -2.10. The van der Waals surface area contributed by atoms with Crippen molar-refractivity contribution in [2.24, 2.45) is 0 Å². The average Bonchev–Trinajstić information content (AvgIpc) is 2.85. The fourth-order valence-electron chi connectivity index (χ4n) is 3.44. The number of rotatable bonds is 7. The monoisotopic (exact) mass is 407 g/mol. The molecule has 4 aromatic carbocycles. The van der Waals surface area contributed by atoms with Crippen molar-refractivity contribution in [3.63, 3.8) is 0 Å². The van der Waals surface area contributed by atoms with E-state index < -0.39 is 0 Å². The van der Waals surface area contributed by atoms with Crippen LogP contribution in [0, 0.1) is 0 Å². The molecule has 2 N–H and O–H groups in total. The van der Waals surface area contributed by atoms with Crippen molar-refractivity contribution in [1.29, 1.82) is 0 Å². The summed E-state index contributed by atoms with van der Waals surface area (Å²) in [7, 11) is 0. The summed E-state index contributed by atoms with van der Waals surface area (Å²) >= 11 is 0. The van der Waals surface area contributed by atoms with Crippen LogP contribution in [0.25, 0.3) is 12.2 Å². The molecule has 0 atom stereocenters. The normalized spacial score (nSPS) is 11.0. The second kappa shape index (κ2) is 9.90. The molecule has 0 aliphatic heterocycles. The molecule has 0 fully saturated rings. The maximum atomic E-state index is 9.38. The first kappa shape index (κ1) is 20.6. The van der Waals surface area contributed by atoms with Gasteiger partial charge in [0.15, 0.2) is 0 Å². The third-order valence-corrected chi connectivity index (χ3v) is 5.17. The zero-order chi connectivity index (χ0) is 21.5. The zero-order valence-electron chi connectivity index (χ0n) is 17.2. The van der Waals surface area contributed by atoms with E-state index in [9.17, 15) is 10.2 Å². The van der Waals surface area contributed by atoms with Gasteiger partial charge < -0.3 is 15.1 Å². The summed E-state index contributed by atoms with van der Waals surface area (Å²) in [6, 6.07) is 34.4. The fraction of sp³-hybridized carbons (Fsp3) is 0.0714. The molecule has 0 bridgehead atoms. The van der Waals surface area contributed by atoms with E-state index in [2.05, 4.69) is 53.5 Å². The van der Waals surface area contributed by atoms with E-state index in [4.69, 9.17) is 0 Å². The van der Waals surface area contributed by atoms with E-state index in [1.54, 1.807) is 0 Å². The number of hydrogen-bond acceptors (Lipinski definition) is 3. The Kier molecular flexibility index (Phi) is 6.58. The number of aliphatic hydroxyl groups excluding tert-OH is 2. The Balaban J connectivity index is 1.66. The molecule has 0 radical (unpaired) electrons. The molecule has 154 valence electrons. The smallest absolute Gasteiger partial charge is 0.0681 e. The number of benzene rings is 4. The van der Waals surface area contributed by atoms with Gasteiger partial charge in [0.25, 0.3) is 0 Å². The van der Waals surface area contributed by atoms with Gasteiger partial charge in [0.1, 0.15) is 0 Å². The van der Waals surface area contributed by atoms with Crippen LogP contribution in [0.3, 0.4) is 0 Å². The molecule has 0 spiro atoms. The summed E-state index contributed by atoms with van der Waals surface area (Å²) in [5, 5.41) is 18.8. The van der Waals surface area contributed by atoms with E-state index in [1.165, 1.54) is 5.56 Å². The third-order valence-electron chi connectivity index (χ3n) is 5.17. The molecule has 0 amide bonds. The Bertz CT molecular complexity index is 1070. The first-order valence-corrected chi connectivity index (χ1v) is 10.3. The second-order valence-corrected chi connectivity index (χ2v) is 7.32. The fourth-order valence-corrected chi connectivity index (χ4v) is 3.44. The van der Waals surface area contributed by atoms with Gasteiger partial charge in [-0.15, -0.1) is 0 Å². The Hall–Kier alpha value is -3.66. The molecule has 0 saturated heterocycles. The highest BCUT2D eigenvalue weighted by molar-refractivity contribution is 5.78. The number of nitrogens with zero attached hydrogens (tertiary/aromatic N) is 1. The molecule has 3 nitrogen and oxygen atoms in total. The second-order valence-electron chi connectivity index (χ2n) is 7.32. The molecule has 0 aromatic heterocycles. The lowest BCUT2D eigenvalue weighted by atomic mass is 10.1. The maximum Gasteiger partial charge on any atom is 0.0681 e. The van der Waals surface area contributed by atoms with Crippen molar-refractivity contribution in [2.75, 3.05) is 4.90 Å². The van der Waals surface area contributed by atoms with Crippen LogP contribution in [0.5, 0.6) is 0 Å². The van der Waals surface area contributed by atoms with Crippen molar-refractivity contribution in [2.45, 2.75) is 13.2 Å². The Labute approximate surface area is 183 Å². The molecule has 0 aliphatic rings. The van der Waals surface area contributed by atoms with Crippen molar-refractivity contribution >= 4 is 29.2 Å². The molecular formula is C28H25NO2. The summed E-state index contributed by atoms with van der Waals surface area (Å²) in [6.07, 6.45) is 4.21. The first-order chi connectivity index (χ1) is 15.3. The van der Waals surface area contributed by atoms with Crippen molar-refractivity contribution in [3.05, 3.63) is 125 Å². The number of aliphatic hydroxyl groups is 2. The SMILES string of the molecule is OCc1ccc(N(c2ccc(C=Cc3ccccc3)cc2)c2ccc(CO)cc2)cc1. The predicted molar refractivity (Wildman–Crippen MR) is 128 cm³/mol. The van der Waals surface area contributed by atoms with Crippen molar-refractivity contribution < 1.29 is 10.2 Å². The number of hydrogen-bond donors (Lipinski definition) is 2. The van der Waals surface area contributed by atoms with Crippen LogP contribution in [0.15, 0.2) is 103 Å². The summed E-state index contributed by atoms with van der Waals surface area (Å²) < 4.78 is 0. The molecule has 0 heterocycles. The van der Waals surface area contributed by atoms with Gasteiger partial charge in [0, 0.05) is 17.1 Å². The Morgan fingerprint density at radius 2 is 0.871 bits per heavy atom. The minimum absolute atomic E-state index is 0.0217. The summed E-state index contributed by atoms with van der Waals surface area (Å²) in [5.41, 5.74) is 7.08. The first-order valence-electron chi connectivity index (χ1n) is 10.3. The summed E-state index contributed by atoms with van der Waals surface area (Å²) in [6.45, 7) is 0.0435. The molecule has 4 aromatic rings. The van der Waals surface area contributed by atoms with Crippen LogP contribution >= 0.6 is 0 Å². The molecule has 0 saturated carbocycles. The highest BCUT2D eigenvalue weighted by Gasteiger charge is 2.12. The van der Waals surface area contributed by atoms with E-state index >= 15 is 0 Å². The quantitative estimate of drug-likeness (QED) is 0.353. The average molecular weight is 408 g/mol. The van der Waals surface area contributed by atoms with Crippen molar-refractivity contribution in [3.8, 4) is 0 Å². The standard InChI is InChI=1S/C28H25NO2/c30-20-24-10-16-27(17-11-24)29(28-18-12-25(21-31)13-19-28)26-14-8-23(9-15-26)7-6-22-4-2-1-3-5-22/h1-19,30-31H,20-21H2. The van der Waals surface area contributed by atoms with Crippen LogP contribution in [0.1, 0.15) is 22.3 Å². The molecule has 0 aliphatic carbocycles. The van der Waals surface area contributed by atoms with Crippen molar-refractivity contribution in [1.82, 2.24) is 0 Å². The van der Waals surface area contributed by atoms with E-state index in [0.717, 1.165) is 33.8 Å². The number of anilines is 3. The zero-order valence-corrected chi connectivity index (χ0v) is 17.2. The molecular weight excluding hydrogens is 382 g/mol. The molecule has 3 heteroatoms. The van der Waals surface area contributed by atoms with Gasteiger partial charge in [-0.3, -0.25) is 0 Å². The van der Waals surface area contributed by atoms with Crippen LogP contribution in [0.2, 0.25) is 0 Å². The molecule has 31 heavy (non-hydrogen) atoms. The van der Waals surface area contributed by atoms with Gasteiger partial charge in [-0.1, -0.05) is 78.9 Å². The Morgan fingerprint density at radius 3 is 1.29 bits per heavy atom. The third kappa shape index (κ3) is 5.10. The van der Waals surface area contributed by atoms with Gasteiger partial charge in [-0.05, 0) is 58.7 Å². The summed E-state index contributed by atoms with van der Waals surface area (Å²) in [5.74, 6) is 0. The topological polar surface area (TPSA) is 43.7 Å². The van der Waals surface area contributed by atoms with Crippen LogP contribution in [-0.4, -0.2) is 10.2 Å². The van der Waals surface area contributed by atoms with Gasteiger partial charge in [-0.2, -0.15) is 0 Å². The highest BCUT2D eigenvalue weighted by Crippen LogP contribution is 2.35. The van der Waals surface area contributed by atoms with E-state index in [1.807, 2.05) is 66.7 Å². The van der Waals surface area contributed by atoms with Gasteiger partial charge in [0.05, 0.1) is 13.2 Å². The lowest BCUT2D eigenvalue weighted by Gasteiger charge is -2.26. The molecule has 4 rings (SSSR count). The Morgan fingerprint density at radius 1 is 0.484 bits per heavy atom. The lowest BCUT2D eigenvalue weighted by molar-refractivity contribution is 0.281. The van der Waals surface area contributed by atoms with E-state index in [0.29, 0.717) is 0 Å². The predicted octanol–water partition coefficient (Wildman–Crippen LogP) is 6.31. The van der Waals surface area contributed by atoms with Gasteiger partial charge >= 0.3 is 0 Å². The van der Waals surface area contributed by atoms with Gasteiger partial charge in [-0.25, -0.2) is 0 Å². The minimum Gasteiger partial charge on any atom is -0.392 e. The van der Waals surface area contributed by atoms with E-state index in [-0.39, 0.29) is 13.2 Å². The van der Waals surface area contributed by atoms with Gasteiger partial charge in [0.2, 0.25) is 0 Å². The largest absolute Gasteiger partial charge is 0.392 e. The minimum atomic E-state index is 0.0217. The maximum absolute atomic E-state index is 9.38.